The fourth-order valence-corrected chi connectivity index (χ4v) is 4.10. The first-order chi connectivity index (χ1) is 17.1. The highest BCUT2D eigenvalue weighted by atomic mass is 19.4. The van der Waals surface area contributed by atoms with Crippen molar-refractivity contribution in [3.05, 3.63) is 77.0 Å². The van der Waals surface area contributed by atoms with E-state index in [1.54, 1.807) is 30.3 Å². The molecule has 0 radical (unpaired) electrons. The quantitative estimate of drug-likeness (QED) is 0.387. The number of para-hydroxylation sites is 1. The lowest BCUT2D eigenvalue weighted by molar-refractivity contribution is -0.278. The second-order valence-electron chi connectivity index (χ2n) is 8.54. The minimum Gasteiger partial charge on any atom is -0.443 e. The van der Waals surface area contributed by atoms with Crippen LogP contribution in [0, 0.1) is 0 Å². The van der Waals surface area contributed by atoms with Gasteiger partial charge in [-0.1, -0.05) is 49.4 Å². The summed E-state index contributed by atoms with van der Waals surface area (Å²) in [5.41, 5.74) is 0.369. The van der Waals surface area contributed by atoms with E-state index in [2.05, 4.69) is 5.10 Å². The van der Waals surface area contributed by atoms with E-state index >= 15 is 0 Å². The number of benzene rings is 2. The van der Waals surface area contributed by atoms with Crippen LogP contribution in [0.5, 0.6) is 5.88 Å². The fraction of sp³-hybridized carbons (Fsp3) is 0.400. The first kappa shape index (κ1) is 26.1. The third-order valence-electron chi connectivity index (χ3n) is 6.10. The Morgan fingerprint density at radius 2 is 1.58 bits per heavy atom. The van der Waals surface area contributed by atoms with Gasteiger partial charge in [-0.3, -0.25) is 0 Å². The molecule has 194 valence electrons. The summed E-state index contributed by atoms with van der Waals surface area (Å²) in [6.45, 7) is 1.25. The Morgan fingerprint density at radius 1 is 0.944 bits per heavy atom. The molecule has 4 N–H and O–H groups in total. The van der Waals surface area contributed by atoms with E-state index in [1.165, 1.54) is 12.1 Å². The number of rotatable bonds is 7. The van der Waals surface area contributed by atoms with Gasteiger partial charge in [0.05, 0.1) is 17.9 Å². The molecule has 5 atom stereocenters. The number of ether oxygens (including phenoxy) is 2. The van der Waals surface area contributed by atoms with Gasteiger partial charge >= 0.3 is 6.18 Å². The van der Waals surface area contributed by atoms with Crippen LogP contribution >= 0.6 is 0 Å². The van der Waals surface area contributed by atoms with Crippen molar-refractivity contribution in [1.29, 1.82) is 0 Å². The lowest BCUT2D eigenvalue weighted by Gasteiger charge is -2.39. The summed E-state index contributed by atoms with van der Waals surface area (Å²) < 4.78 is 54.9. The minimum absolute atomic E-state index is 0.135. The first-order valence-corrected chi connectivity index (χ1v) is 11.4. The van der Waals surface area contributed by atoms with Crippen molar-refractivity contribution >= 4 is 0 Å². The Labute approximate surface area is 205 Å². The second-order valence-corrected chi connectivity index (χ2v) is 8.54. The van der Waals surface area contributed by atoms with Crippen molar-refractivity contribution in [2.45, 2.75) is 56.6 Å². The molecule has 36 heavy (non-hydrogen) atoms. The summed E-state index contributed by atoms with van der Waals surface area (Å²) in [6.07, 6.45) is -12.4. The van der Waals surface area contributed by atoms with Crippen LogP contribution < -0.4 is 4.74 Å². The average molecular weight is 508 g/mol. The lowest BCUT2D eigenvalue weighted by Crippen LogP contribution is -2.60. The third-order valence-corrected chi connectivity index (χ3v) is 6.10. The van der Waals surface area contributed by atoms with Crippen LogP contribution in [0.3, 0.4) is 0 Å². The van der Waals surface area contributed by atoms with Gasteiger partial charge in [0.1, 0.15) is 24.4 Å². The Morgan fingerprint density at radius 3 is 2.17 bits per heavy atom. The lowest BCUT2D eigenvalue weighted by atomic mass is 9.99. The molecule has 0 amide bonds. The minimum atomic E-state index is -4.82. The van der Waals surface area contributed by atoms with Crippen molar-refractivity contribution in [3.8, 4) is 11.6 Å². The molecule has 0 bridgehead atoms. The SMILES string of the molecule is CCc1ccc(Cc2c(O[C@@H]3O[C@H](CO)[C@@H](O)[C@H](O)[C@H]3O)nn(-c3ccccc3)c2C(F)(F)F)cc1. The zero-order valence-electron chi connectivity index (χ0n) is 19.3. The number of hydrogen-bond acceptors (Lipinski definition) is 7. The molecule has 1 saturated heterocycles. The first-order valence-electron chi connectivity index (χ1n) is 11.4. The number of aryl methyl sites for hydroxylation is 1. The summed E-state index contributed by atoms with van der Waals surface area (Å²) >= 11 is 0. The van der Waals surface area contributed by atoms with Crippen LogP contribution in [0.1, 0.15) is 29.3 Å². The topological polar surface area (TPSA) is 117 Å². The van der Waals surface area contributed by atoms with E-state index < -0.39 is 55.1 Å². The van der Waals surface area contributed by atoms with Crippen LogP contribution in [0.4, 0.5) is 13.2 Å². The van der Waals surface area contributed by atoms with Gasteiger partial charge in [0.25, 0.3) is 0 Å². The van der Waals surface area contributed by atoms with Gasteiger partial charge in [-0.05, 0) is 29.7 Å². The number of nitrogens with zero attached hydrogens (tertiary/aromatic N) is 2. The molecule has 0 spiro atoms. The van der Waals surface area contributed by atoms with Crippen LogP contribution in [-0.2, 0) is 23.8 Å². The Kier molecular flexibility index (Phi) is 7.67. The maximum Gasteiger partial charge on any atom is 0.433 e. The number of aliphatic hydroxyl groups excluding tert-OH is 4. The van der Waals surface area contributed by atoms with Crippen LogP contribution in [-0.4, -0.2) is 67.5 Å². The molecule has 0 unspecified atom stereocenters. The molecular weight excluding hydrogens is 481 g/mol. The monoisotopic (exact) mass is 508 g/mol. The van der Waals surface area contributed by atoms with E-state index in [1.807, 2.05) is 19.1 Å². The molecule has 0 aliphatic carbocycles. The molecule has 4 rings (SSSR count). The highest BCUT2D eigenvalue weighted by molar-refractivity contribution is 5.44. The van der Waals surface area contributed by atoms with Gasteiger partial charge in [0, 0.05) is 6.42 Å². The maximum absolute atomic E-state index is 14.4. The molecule has 3 aromatic rings. The average Bonchev–Trinajstić information content (AvgIpc) is 3.23. The number of aliphatic hydroxyl groups is 4. The van der Waals surface area contributed by atoms with Gasteiger partial charge in [0.15, 0.2) is 5.69 Å². The van der Waals surface area contributed by atoms with Crippen molar-refractivity contribution in [3.63, 3.8) is 0 Å². The van der Waals surface area contributed by atoms with E-state index in [9.17, 15) is 33.6 Å². The van der Waals surface area contributed by atoms with Crippen molar-refractivity contribution < 1.29 is 43.1 Å². The van der Waals surface area contributed by atoms with E-state index in [0.717, 1.165) is 16.7 Å². The Bertz CT molecular complexity index is 1150. The molecule has 1 aliphatic heterocycles. The summed E-state index contributed by atoms with van der Waals surface area (Å²) in [5, 5.41) is 44.0. The van der Waals surface area contributed by atoms with E-state index in [0.29, 0.717) is 5.56 Å². The van der Waals surface area contributed by atoms with Gasteiger partial charge in [-0.2, -0.15) is 13.2 Å². The number of aromatic nitrogens is 2. The molecular formula is C25H27F3N2O6. The highest BCUT2D eigenvalue weighted by Gasteiger charge is 2.46. The molecule has 2 heterocycles. The number of halogens is 3. The Balaban J connectivity index is 1.81. The standard InChI is InChI=1S/C25H27F3N2O6/c1-2-14-8-10-15(11-9-14)12-17-22(25(26,27)28)30(16-6-4-3-5-7-16)29-23(17)36-24-21(34)20(33)19(32)18(13-31)35-24/h3-11,18-21,24,31-34H,2,12-13H2,1H3/t18-,19-,20+,21-,24+/m1/s1. The van der Waals surface area contributed by atoms with Crippen molar-refractivity contribution in [2.24, 2.45) is 0 Å². The summed E-state index contributed by atoms with van der Waals surface area (Å²) in [6, 6.07) is 14.8. The zero-order valence-corrected chi connectivity index (χ0v) is 19.3. The molecule has 8 nitrogen and oxygen atoms in total. The molecule has 0 saturated carbocycles. The predicted molar refractivity (Wildman–Crippen MR) is 122 cm³/mol. The highest BCUT2D eigenvalue weighted by Crippen LogP contribution is 2.40. The van der Waals surface area contributed by atoms with Crippen molar-refractivity contribution in [2.75, 3.05) is 6.61 Å². The van der Waals surface area contributed by atoms with Gasteiger partial charge < -0.3 is 29.9 Å². The van der Waals surface area contributed by atoms with Gasteiger partial charge in [-0.15, -0.1) is 5.10 Å². The van der Waals surface area contributed by atoms with Gasteiger partial charge in [-0.25, -0.2) is 4.68 Å². The van der Waals surface area contributed by atoms with Gasteiger partial charge in [0.2, 0.25) is 12.2 Å². The maximum atomic E-state index is 14.4. The zero-order chi connectivity index (χ0) is 26.0. The van der Waals surface area contributed by atoms with Crippen LogP contribution in [0.2, 0.25) is 0 Å². The van der Waals surface area contributed by atoms with Crippen LogP contribution in [0.25, 0.3) is 5.69 Å². The summed E-state index contributed by atoms with van der Waals surface area (Å²) in [4.78, 5) is 0. The van der Waals surface area contributed by atoms with Crippen molar-refractivity contribution in [1.82, 2.24) is 9.78 Å². The molecule has 1 aromatic heterocycles. The van der Waals surface area contributed by atoms with E-state index in [4.69, 9.17) is 9.47 Å². The smallest absolute Gasteiger partial charge is 0.433 e. The molecule has 1 aliphatic rings. The fourth-order valence-electron chi connectivity index (χ4n) is 4.10. The molecule has 11 heteroatoms. The molecule has 2 aromatic carbocycles. The third kappa shape index (κ3) is 5.25. The molecule has 1 fully saturated rings. The van der Waals surface area contributed by atoms with Crippen LogP contribution in [0.15, 0.2) is 54.6 Å². The summed E-state index contributed by atoms with van der Waals surface area (Å²) in [5.74, 6) is -0.463. The van der Waals surface area contributed by atoms with E-state index in [-0.39, 0.29) is 17.7 Å². The normalized spacial score (nSPS) is 24.6. The summed E-state index contributed by atoms with van der Waals surface area (Å²) in [7, 11) is 0. The second kappa shape index (κ2) is 10.6. The largest absolute Gasteiger partial charge is 0.443 e. The number of alkyl halides is 3. The number of hydrogen-bond donors (Lipinski definition) is 4. The predicted octanol–water partition coefficient (Wildman–Crippen LogP) is 2.22. The Hall–Kier alpha value is -2.96.